The minimum absolute atomic E-state index is 0.0321. The molecule has 0 radical (unpaired) electrons. The number of piperazine rings is 1. The number of benzene rings is 1. The fourth-order valence-electron chi connectivity index (χ4n) is 5.60. The van der Waals surface area contributed by atoms with Crippen molar-refractivity contribution < 1.29 is 19.3 Å². The first-order chi connectivity index (χ1) is 19.4. The lowest BCUT2D eigenvalue weighted by atomic mass is 10.0. The Hall–Kier alpha value is -3.24. The van der Waals surface area contributed by atoms with Crippen molar-refractivity contribution in [2.24, 2.45) is 0 Å². The number of hydrogen-bond donors (Lipinski definition) is 1. The molecule has 40 heavy (non-hydrogen) atoms. The zero-order valence-electron chi connectivity index (χ0n) is 24.3. The van der Waals surface area contributed by atoms with Crippen molar-refractivity contribution in [2.45, 2.75) is 46.3 Å². The maximum Gasteiger partial charge on any atom is 0.318 e. The highest BCUT2D eigenvalue weighted by atomic mass is 16.5. The van der Waals surface area contributed by atoms with Crippen molar-refractivity contribution >= 4 is 11.5 Å². The molecule has 3 aliphatic rings. The first-order valence-electron chi connectivity index (χ1n) is 14.6. The molecule has 0 amide bonds. The third-order valence-electron chi connectivity index (χ3n) is 7.74. The van der Waals surface area contributed by atoms with Crippen molar-refractivity contribution in [3.05, 3.63) is 41.7 Å². The van der Waals surface area contributed by atoms with Gasteiger partial charge in [0.25, 0.3) is 0 Å². The van der Waals surface area contributed by atoms with Gasteiger partial charge in [0, 0.05) is 69.7 Å². The summed E-state index contributed by atoms with van der Waals surface area (Å²) in [4.78, 5) is 19.2. The number of aromatic hydroxyl groups is 1. The van der Waals surface area contributed by atoms with E-state index in [2.05, 4.69) is 33.1 Å². The van der Waals surface area contributed by atoms with E-state index in [0.717, 1.165) is 107 Å². The van der Waals surface area contributed by atoms with Gasteiger partial charge in [-0.2, -0.15) is 9.97 Å². The van der Waals surface area contributed by atoms with Crippen LogP contribution in [0.4, 0.5) is 11.5 Å². The van der Waals surface area contributed by atoms with Crippen LogP contribution in [0.5, 0.6) is 17.5 Å². The van der Waals surface area contributed by atoms with Gasteiger partial charge in [-0.1, -0.05) is 6.58 Å². The maximum absolute atomic E-state index is 10.3. The number of phenols is 1. The zero-order chi connectivity index (χ0) is 28.1. The summed E-state index contributed by atoms with van der Waals surface area (Å²) in [5, 5.41) is 10.3. The van der Waals surface area contributed by atoms with Crippen LogP contribution in [-0.2, 0) is 17.7 Å². The van der Waals surface area contributed by atoms with E-state index >= 15 is 0 Å². The third kappa shape index (κ3) is 6.90. The van der Waals surface area contributed by atoms with E-state index in [1.165, 1.54) is 5.56 Å². The van der Waals surface area contributed by atoms with Gasteiger partial charge in [-0.25, -0.2) is 0 Å². The molecule has 5 rings (SSSR count). The van der Waals surface area contributed by atoms with Gasteiger partial charge in [0.2, 0.25) is 0 Å². The molecule has 0 bridgehead atoms. The number of morpholine rings is 1. The minimum Gasteiger partial charge on any atom is -0.508 e. The number of hydrogen-bond acceptors (Lipinski definition) is 10. The average molecular weight is 553 g/mol. The quantitative estimate of drug-likeness (QED) is 0.443. The molecule has 2 saturated heterocycles. The normalized spacial score (nSPS) is 18.1. The molecule has 2 aromatic rings. The third-order valence-corrected chi connectivity index (χ3v) is 7.74. The van der Waals surface area contributed by atoms with Gasteiger partial charge in [-0.05, 0) is 45.7 Å². The van der Waals surface area contributed by atoms with Crippen LogP contribution in [0.1, 0.15) is 38.4 Å². The molecule has 218 valence electrons. The topological polar surface area (TPSA) is 86.7 Å². The van der Waals surface area contributed by atoms with Crippen LogP contribution in [0, 0.1) is 0 Å². The van der Waals surface area contributed by atoms with Crippen LogP contribution in [0.2, 0.25) is 0 Å². The number of phenolic OH excluding ortho intramolecular Hbond substituents is 1. The molecule has 0 aliphatic carbocycles. The smallest absolute Gasteiger partial charge is 0.318 e. The van der Waals surface area contributed by atoms with Crippen LogP contribution in [-0.4, -0.2) is 103 Å². The monoisotopic (exact) mass is 552 g/mol. The first kappa shape index (κ1) is 28.3. The summed E-state index contributed by atoms with van der Waals surface area (Å²) < 4.78 is 17.7. The van der Waals surface area contributed by atoms with Crippen molar-refractivity contribution in [1.82, 2.24) is 19.8 Å². The highest BCUT2D eigenvalue weighted by molar-refractivity contribution is 5.63. The largest absolute Gasteiger partial charge is 0.508 e. The number of rotatable bonds is 10. The number of allylic oxidation sites excluding steroid dienone is 1. The Morgan fingerprint density at radius 3 is 2.55 bits per heavy atom. The molecular weight excluding hydrogens is 508 g/mol. The maximum atomic E-state index is 10.3. The molecule has 3 aliphatic heterocycles. The predicted octanol–water partition coefficient (Wildman–Crippen LogP) is 3.29. The molecule has 1 aromatic heterocycles. The van der Waals surface area contributed by atoms with E-state index in [0.29, 0.717) is 19.2 Å². The van der Waals surface area contributed by atoms with E-state index in [1.54, 1.807) is 12.1 Å². The summed E-state index contributed by atoms with van der Waals surface area (Å²) in [6.45, 7) is 20.3. The second-order valence-corrected chi connectivity index (χ2v) is 11.1. The van der Waals surface area contributed by atoms with Gasteiger partial charge in [0.05, 0.1) is 43.9 Å². The first-order valence-corrected chi connectivity index (χ1v) is 14.6. The second-order valence-electron chi connectivity index (χ2n) is 11.1. The predicted molar refractivity (Wildman–Crippen MR) is 157 cm³/mol. The Labute approximate surface area is 238 Å². The highest BCUT2D eigenvalue weighted by Gasteiger charge is 2.29. The fourth-order valence-corrected chi connectivity index (χ4v) is 5.60. The summed E-state index contributed by atoms with van der Waals surface area (Å²) in [7, 11) is 0. The molecule has 0 spiro atoms. The van der Waals surface area contributed by atoms with Crippen LogP contribution < -0.4 is 19.3 Å². The number of aromatic nitrogens is 2. The van der Waals surface area contributed by atoms with E-state index in [9.17, 15) is 5.11 Å². The number of ether oxygens (including phenoxy) is 3. The Balaban J connectivity index is 1.36. The van der Waals surface area contributed by atoms with Gasteiger partial charge in [0.15, 0.2) is 0 Å². The van der Waals surface area contributed by atoms with E-state index in [1.807, 2.05) is 19.9 Å². The minimum atomic E-state index is 0.0321. The van der Waals surface area contributed by atoms with E-state index < -0.39 is 0 Å². The van der Waals surface area contributed by atoms with Crippen LogP contribution in [0.25, 0.3) is 0 Å². The van der Waals surface area contributed by atoms with Crippen molar-refractivity contribution in [2.75, 3.05) is 82.0 Å². The Morgan fingerprint density at radius 1 is 1.05 bits per heavy atom. The van der Waals surface area contributed by atoms with Gasteiger partial charge in [0.1, 0.15) is 17.3 Å². The van der Waals surface area contributed by atoms with Crippen molar-refractivity contribution in [3.63, 3.8) is 0 Å². The Kier molecular flexibility index (Phi) is 9.16. The Bertz CT molecular complexity index is 1160. The van der Waals surface area contributed by atoms with Crippen LogP contribution in [0.3, 0.4) is 0 Å². The van der Waals surface area contributed by atoms with Crippen molar-refractivity contribution in [3.8, 4) is 17.5 Å². The summed E-state index contributed by atoms with van der Waals surface area (Å²) in [6, 6.07) is 5.74. The molecule has 2 fully saturated rings. The molecule has 1 N–H and O–H groups in total. The molecule has 10 nitrogen and oxygen atoms in total. The fraction of sp³-hybridized carbons (Fsp3) is 0.600. The highest BCUT2D eigenvalue weighted by Crippen LogP contribution is 2.37. The van der Waals surface area contributed by atoms with Gasteiger partial charge in [-0.15, -0.1) is 0 Å². The lowest BCUT2D eigenvalue weighted by Gasteiger charge is -2.39. The summed E-state index contributed by atoms with van der Waals surface area (Å²) >= 11 is 0. The number of anilines is 2. The van der Waals surface area contributed by atoms with Gasteiger partial charge >= 0.3 is 6.01 Å². The second kappa shape index (κ2) is 13.0. The molecule has 0 unspecified atom stereocenters. The number of nitrogens with zero attached hydrogens (tertiary/aromatic N) is 6. The summed E-state index contributed by atoms with van der Waals surface area (Å²) in [5.41, 5.74) is 4.14. The molecule has 4 heterocycles. The lowest BCUT2D eigenvalue weighted by Crippen LogP contribution is -2.46. The molecule has 0 atom stereocenters. The van der Waals surface area contributed by atoms with E-state index in [-0.39, 0.29) is 11.9 Å². The zero-order valence-corrected chi connectivity index (χ0v) is 24.3. The lowest BCUT2D eigenvalue weighted by molar-refractivity contribution is 0.0356. The van der Waals surface area contributed by atoms with Gasteiger partial charge < -0.3 is 34.0 Å². The standard InChI is InChI=1S/C30H44N6O4/c1-22(2)34-11-13-35(14-12-34)29-25-8-10-36(27-20-24(37)6-7-28(27)40-23(3)4)21-26(25)31-30(32-29)39-17-5-9-33-15-18-38-19-16-33/h6-7,20,23,37H,1,5,8-19,21H2,2-4H3. The van der Waals surface area contributed by atoms with Crippen molar-refractivity contribution in [1.29, 1.82) is 0 Å². The molecule has 10 heteroatoms. The van der Waals surface area contributed by atoms with Crippen LogP contribution >= 0.6 is 0 Å². The van der Waals surface area contributed by atoms with Gasteiger partial charge in [-0.3, -0.25) is 4.90 Å². The molecule has 1 aromatic carbocycles. The Morgan fingerprint density at radius 2 is 1.82 bits per heavy atom. The van der Waals surface area contributed by atoms with E-state index in [4.69, 9.17) is 24.2 Å². The average Bonchev–Trinajstić information content (AvgIpc) is 2.96. The van der Waals surface area contributed by atoms with Crippen LogP contribution in [0.15, 0.2) is 30.5 Å². The number of fused-ring (bicyclic) bond motifs is 1. The SMILES string of the molecule is C=C(C)N1CCN(c2nc(OCCCN3CCOCC3)nc3c2CCN(c2cc(O)ccc2OC(C)C)C3)CC1. The molecule has 0 saturated carbocycles. The summed E-state index contributed by atoms with van der Waals surface area (Å²) in [5.74, 6) is 1.98. The molecular formula is C30H44N6O4. The summed E-state index contributed by atoms with van der Waals surface area (Å²) in [6.07, 6.45) is 1.75.